The number of pyridine rings is 1. The molecule has 0 saturated carbocycles. The van der Waals surface area contributed by atoms with Gasteiger partial charge in [0.25, 0.3) is 0 Å². The van der Waals surface area contributed by atoms with Crippen LogP contribution in [0.25, 0.3) is 0 Å². The predicted molar refractivity (Wildman–Crippen MR) is 65.7 cm³/mol. The van der Waals surface area contributed by atoms with Crippen LogP contribution < -0.4 is 11.1 Å². The van der Waals surface area contributed by atoms with Gasteiger partial charge < -0.3 is 11.1 Å². The van der Waals surface area contributed by atoms with Crippen molar-refractivity contribution in [3.63, 3.8) is 0 Å². The lowest BCUT2D eigenvalue weighted by Gasteiger charge is -2.05. The van der Waals surface area contributed by atoms with Crippen LogP contribution >= 0.6 is 15.9 Å². The summed E-state index contributed by atoms with van der Waals surface area (Å²) in [6, 6.07) is 7.37. The number of rotatable bonds is 3. The maximum Gasteiger partial charge on any atom is 0.226 e. The minimum absolute atomic E-state index is 0.422. The Morgan fingerprint density at radius 2 is 2.19 bits per heavy atom. The van der Waals surface area contributed by atoms with E-state index in [1.807, 2.05) is 18.2 Å². The number of hydrogen-bond acceptors (Lipinski definition) is 5. The Morgan fingerprint density at radius 3 is 2.88 bits per heavy atom. The van der Waals surface area contributed by atoms with Crippen LogP contribution in [0.1, 0.15) is 5.69 Å². The zero-order chi connectivity index (χ0) is 11.4. The smallest absolute Gasteiger partial charge is 0.226 e. The SMILES string of the molecule is Nc1cc(Br)nc(NCc2ccccn2)n1. The average Bonchev–Trinajstić information content (AvgIpc) is 2.27. The molecule has 0 aliphatic heterocycles. The first-order valence-corrected chi connectivity index (χ1v) is 5.47. The molecule has 2 heterocycles. The summed E-state index contributed by atoms with van der Waals surface area (Å²) in [7, 11) is 0. The van der Waals surface area contributed by atoms with Crippen molar-refractivity contribution in [1.82, 2.24) is 15.0 Å². The van der Waals surface area contributed by atoms with Crippen molar-refractivity contribution in [2.45, 2.75) is 6.54 Å². The maximum atomic E-state index is 5.59. The van der Waals surface area contributed by atoms with E-state index in [1.165, 1.54) is 0 Å². The fourth-order valence-corrected chi connectivity index (χ4v) is 1.59. The van der Waals surface area contributed by atoms with Crippen LogP contribution in [0.5, 0.6) is 0 Å². The highest BCUT2D eigenvalue weighted by Crippen LogP contribution is 2.12. The number of aromatic nitrogens is 3. The van der Waals surface area contributed by atoms with Gasteiger partial charge in [-0.15, -0.1) is 0 Å². The predicted octanol–water partition coefficient (Wildman–Crippen LogP) is 1.83. The lowest BCUT2D eigenvalue weighted by atomic mass is 10.3. The van der Waals surface area contributed by atoms with Crippen LogP contribution in [0.4, 0.5) is 11.8 Å². The molecule has 0 aliphatic rings. The molecule has 16 heavy (non-hydrogen) atoms. The van der Waals surface area contributed by atoms with E-state index in [1.54, 1.807) is 12.3 Å². The van der Waals surface area contributed by atoms with E-state index in [4.69, 9.17) is 5.73 Å². The Morgan fingerprint density at radius 1 is 1.31 bits per heavy atom. The molecule has 0 bridgehead atoms. The fourth-order valence-electron chi connectivity index (χ4n) is 1.19. The van der Waals surface area contributed by atoms with Crippen molar-refractivity contribution >= 4 is 27.7 Å². The second kappa shape index (κ2) is 4.89. The van der Waals surface area contributed by atoms with Crippen molar-refractivity contribution in [1.29, 1.82) is 0 Å². The van der Waals surface area contributed by atoms with Gasteiger partial charge in [0.05, 0.1) is 12.2 Å². The van der Waals surface area contributed by atoms with Crippen LogP contribution in [0.2, 0.25) is 0 Å². The number of halogens is 1. The van der Waals surface area contributed by atoms with Gasteiger partial charge >= 0.3 is 0 Å². The summed E-state index contributed by atoms with van der Waals surface area (Å²) in [5.41, 5.74) is 6.51. The third-order valence-electron chi connectivity index (χ3n) is 1.87. The van der Waals surface area contributed by atoms with Crippen molar-refractivity contribution in [3.8, 4) is 0 Å². The molecular weight excluding hydrogens is 270 g/mol. The molecule has 2 aromatic rings. The van der Waals surface area contributed by atoms with Crippen LogP contribution in [0, 0.1) is 0 Å². The highest BCUT2D eigenvalue weighted by molar-refractivity contribution is 9.10. The Bertz CT molecular complexity index is 454. The fraction of sp³-hybridized carbons (Fsp3) is 0.100. The summed E-state index contributed by atoms with van der Waals surface area (Å²) >= 11 is 3.25. The molecule has 0 unspecified atom stereocenters. The molecule has 0 amide bonds. The lowest BCUT2D eigenvalue weighted by Crippen LogP contribution is -2.06. The second-order valence-electron chi connectivity index (χ2n) is 3.11. The van der Waals surface area contributed by atoms with Crippen molar-refractivity contribution in [2.24, 2.45) is 0 Å². The summed E-state index contributed by atoms with van der Waals surface area (Å²) in [6.45, 7) is 0.566. The largest absolute Gasteiger partial charge is 0.383 e. The second-order valence-corrected chi connectivity index (χ2v) is 3.93. The van der Waals surface area contributed by atoms with Gasteiger partial charge in [-0.05, 0) is 28.1 Å². The molecule has 0 fully saturated rings. The molecule has 5 nitrogen and oxygen atoms in total. The Kier molecular flexibility index (Phi) is 3.31. The molecule has 0 spiro atoms. The van der Waals surface area contributed by atoms with Gasteiger partial charge in [-0.25, -0.2) is 4.98 Å². The summed E-state index contributed by atoms with van der Waals surface area (Å²) in [4.78, 5) is 12.4. The molecule has 3 N–H and O–H groups in total. The molecular formula is C10H10BrN5. The Balaban J connectivity index is 2.05. The first kappa shape index (κ1) is 10.8. The van der Waals surface area contributed by atoms with E-state index in [-0.39, 0.29) is 0 Å². The number of anilines is 2. The van der Waals surface area contributed by atoms with Crippen molar-refractivity contribution in [2.75, 3.05) is 11.1 Å². The van der Waals surface area contributed by atoms with Gasteiger partial charge in [0, 0.05) is 12.3 Å². The topological polar surface area (TPSA) is 76.7 Å². The molecule has 0 saturated heterocycles. The minimum atomic E-state index is 0.422. The minimum Gasteiger partial charge on any atom is -0.383 e. The lowest BCUT2D eigenvalue weighted by molar-refractivity contribution is 0.999. The first-order valence-electron chi connectivity index (χ1n) is 4.68. The summed E-state index contributed by atoms with van der Waals surface area (Å²) in [5.74, 6) is 0.905. The van der Waals surface area contributed by atoms with E-state index in [2.05, 4.69) is 36.2 Å². The maximum absolute atomic E-state index is 5.59. The van der Waals surface area contributed by atoms with E-state index >= 15 is 0 Å². The van der Waals surface area contributed by atoms with Gasteiger partial charge in [0.2, 0.25) is 5.95 Å². The third-order valence-corrected chi connectivity index (χ3v) is 2.27. The zero-order valence-corrected chi connectivity index (χ0v) is 9.98. The molecule has 2 aromatic heterocycles. The highest BCUT2D eigenvalue weighted by atomic mass is 79.9. The first-order chi connectivity index (χ1) is 7.74. The van der Waals surface area contributed by atoms with E-state index in [0.29, 0.717) is 22.9 Å². The highest BCUT2D eigenvalue weighted by Gasteiger charge is 2.00. The van der Waals surface area contributed by atoms with Crippen LogP contribution in [0.3, 0.4) is 0 Å². The van der Waals surface area contributed by atoms with Gasteiger partial charge in [0.1, 0.15) is 10.4 Å². The zero-order valence-electron chi connectivity index (χ0n) is 8.39. The Labute approximate surface area is 101 Å². The monoisotopic (exact) mass is 279 g/mol. The van der Waals surface area contributed by atoms with Gasteiger partial charge in [-0.1, -0.05) is 6.07 Å². The number of nitrogen functional groups attached to an aromatic ring is 1. The molecule has 0 aliphatic carbocycles. The van der Waals surface area contributed by atoms with Crippen LogP contribution in [-0.2, 0) is 6.54 Å². The molecule has 2 rings (SSSR count). The normalized spacial score (nSPS) is 10.1. The Hall–Kier alpha value is -1.69. The van der Waals surface area contributed by atoms with E-state index < -0.39 is 0 Å². The van der Waals surface area contributed by atoms with E-state index in [9.17, 15) is 0 Å². The van der Waals surface area contributed by atoms with Gasteiger partial charge in [-0.3, -0.25) is 4.98 Å². The standard InChI is InChI=1S/C10H10BrN5/c11-8-5-9(12)16-10(15-8)14-6-7-3-1-2-4-13-7/h1-5H,6H2,(H3,12,14,15,16). The number of hydrogen-bond donors (Lipinski definition) is 2. The molecule has 0 radical (unpaired) electrons. The number of nitrogens with zero attached hydrogens (tertiary/aromatic N) is 3. The average molecular weight is 280 g/mol. The number of nitrogens with two attached hydrogens (primary N) is 1. The van der Waals surface area contributed by atoms with Crippen molar-refractivity contribution in [3.05, 3.63) is 40.8 Å². The van der Waals surface area contributed by atoms with Crippen LogP contribution in [-0.4, -0.2) is 15.0 Å². The summed E-state index contributed by atoms with van der Waals surface area (Å²) < 4.78 is 0.656. The van der Waals surface area contributed by atoms with E-state index in [0.717, 1.165) is 5.69 Å². The van der Waals surface area contributed by atoms with Crippen molar-refractivity contribution < 1.29 is 0 Å². The van der Waals surface area contributed by atoms with Gasteiger partial charge in [-0.2, -0.15) is 4.98 Å². The van der Waals surface area contributed by atoms with Gasteiger partial charge in [0.15, 0.2) is 0 Å². The quantitative estimate of drug-likeness (QED) is 0.839. The molecule has 6 heteroatoms. The summed E-state index contributed by atoms with van der Waals surface area (Å²) in [5, 5.41) is 3.05. The molecule has 82 valence electrons. The molecule has 0 aromatic carbocycles. The molecule has 0 atom stereocenters. The third kappa shape index (κ3) is 2.90. The van der Waals surface area contributed by atoms with Crippen LogP contribution in [0.15, 0.2) is 35.1 Å². The summed E-state index contributed by atoms with van der Waals surface area (Å²) in [6.07, 6.45) is 1.74. The number of nitrogens with one attached hydrogen (secondary N) is 1.